The molecule has 7 heteroatoms. The first kappa shape index (κ1) is 23.9. The number of fused-ring (bicyclic) bond motifs is 1. The van der Waals surface area contributed by atoms with Crippen LogP contribution in [0.1, 0.15) is 81.3 Å². The van der Waals surface area contributed by atoms with Crippen LogP contribution in [-0.2, 0) is 9.53 Å². The van der Waals surface area contributed by atoms with E-state index >= 15 is 0 Å². The summed E-state index contributed by atoms with van der Waals surface area (Å²) in [5.74, 6) is -1.37. The number of imidazole rings is 1. The third kappa shape index (κ3) is 4.83. The first-order chi connectivity index (χ1) is 17.1. The van der Waals surface area contributed by atoms with Crippen LogP contribution < -0.4 is 5.32 Å². The average Bonchev–Trinajstić information content (AvgIpc) is 3.50. The number of hydrogen-bond acceptors (Lipinski definition) is 3. The lowest BCUT2D eigenvalue weighted by Gasteiger charge is -2.33. The van der Waals surface area contributed by atoms with Crippen molar-refractivity contribution in [3.05, 3.63) is 65.5 Å². The largest absolute Gasteiger partial charge is 0.369 e. The zero-order valence-electron chi connectivity index (χ0n) is 20.2. The molecule has 2 aliphatic carbocycles. The highest BCUT2D eigenvalue weighted by atomic mass is 19.2. The lowest BCUT2D eigenvalue weighted by atomic mass is 9.83. The van der Waals surface area contributed by atoms with Crippen LogP contribution in [0.25, 0.3) is 11.0 Å². The van der Waals surface area contributed by atoms with Gasteiger partial charge in [0.15, 0.2) is 11.6 Å². The van der Waals surface area contributed by atoms with E-state index in [1.54, 1.807) is 7.11 Å². The fraction of sp³-hybridized carbons (Fsp3) is 0.500. The van der Waals surface area contributed by atoms with Gasteiger partial charge in [-0.2, -0.15) is 0 Å². The Morgan fingerprint density at radius 2 is 1.66 bits per heavy atom. The summed E-state index contributed by atoms with van der Waals surface area (Å²) in [6, 6.07) is 11.5. The van der Waals surface area contributed by atoms with Crippen molar-refractivity contribution in [2.24, 2.45) is 5.92 Å². The van der Waals surface area contributed by atoms with Crippen molar-refractivity contribution >= 4 is 16.9 Å². The molecule has 2 saturated carbocycles. The molecule has 5 nitrogen and oxygen atoms in total. The van der Waals surface area contributed by atoms with Gasteiger partial charge in [0, 0.05) is 25.3 Å². The predicted octanol–water partition coefficient (Wildman–Crippen LogP) is 6.23. The van der Waals surface area contributed by atoms with Gasteiger partial charge >= 0.3 is 0 Å². The molecule has 0 radical (unpaired) electrons. The molecule has 2 aliphatic rings. The van der Waals surface area contributed by atoms with Gasteiger partial charge in [0.25, 0.3) is 0 Å². The molecule has 0 bridgehead atoms. The Morgan fingerprint density at radius 3 is 2.34 bits per heavy atom. The normalized spacial score (nSPS) is 19.2. The summed E-state index contributed by atoms with van der Waals surface area (Å²) in [5.41, 5.74) is 1.62. The van der Waals surface area contributed by atoms with Crippen LogP contribution in [0.2, 0.25) is 0 Å². The zero-order valence-corrected chi connectivity index (χ0v) is 20.2. The van der Waals surface area contributed by atoms with Crippen molar-refractivity contribution in [1.29, 1.82) is 0 Å². The number of amides is 1. The fourth-order valence-electron chi connectivity index (χ4n) is 5.95. The Morgan fingerprint density at radius 1 is 1.00 bits per heavy atom. The minimum atomic E-state index is -0.952. The lowest BCUT2D eigenvalue weighted by Crippen LogP contribution is -2.42. The number of benzene rings is 2. The van der Waals surface area contributed by atoms with Gasteiger partial charge in [0.05, 0.1) is 11.0 Å². The molecule has 1 aromatic heterocycles. The molecule has 2 aromatic carbocycles. The van der Waals surface area contributed by atoms with Crippen molar-refractivity contribution < 1.29 is 18.3 Å². The summed E-state index contributed by atoms with van der Waals surface area (Å²) < 4.78 is 36.5. The Hall–Kier alpha value is -2.80. The van der Waals surface area contributed by atoms with Crippen molar-refractivity contribution in [2.75, 3.05) is 7.11 Å². The number of carbonyl (C=O) groups excluding carboxylic acids is 1. The molecule has 5 rings (SSSR count). The average molecular weight is 482 g/mol. The van der Waals surface area contributed by atoms with Crippen LogP contribution in [0.3, 0.4) is 0 Å². The molecule has 2 fully saturated rings. The predicted molar refractivity (Wildman–Crippen MR) is 131 cm³/mol. The van der Waals surface area contributed by atoms with Gasteiger partial charge < -0.3 is 14.6 Å². The maximum absolute atomic E-state index is 14.5. The number of ether oxygens (including phenoxy) is 1. The summed E-state index contributed by atoms with van der Waals surface area (Å²) in [6.07, 6.45) is 8.67. The van der Waals surface area contributed by atoms with Crippen molar-refractivity contribution in [3.8, 4) is 0 Å². The van der Waals surface area contributed by atoms with Gasteiger partial charge in [0.2, 0.25) is 5.91 Å². The van der Waals surface area contributed by atoms with Crippen LogP contribution >= 0.6 is 0 Å². The number of carbonyl (C=O) groups is 1. The maximum Gasteiger partial charge on any atom is 0.243 e. The highest BCUT2D eigenvalue weighted by molar-refractivity contribution is 5.85. The van der Waals surface area contributed by atoms with E-state index in [0.29, 0.717) is 16.9 Å². The highest BCUT2D eigenvalue weighted by Gasteiger charge is 2.37. The molecule has 0 aliphatic heterocycles. The van der Waals surface area contributed by atoms with E-state index in [0.717, 1.165) is 69.4 Å². The van der Waals surface area contributed by atoms with E-state index in [1.807, 2.05) is 34.9 Å². The third-order valence-corrected chi connectivity index (χ3v) is 7.68. The van der Waals surface area contributed by atoms with Gasteiger partial charge in [-0.05, 0) is 37.2 Å². The van der Waals surface area contributed by atoms with E-state index in [2.05, 4.69) is 5.32 Å². The molecule has 1 unspecified atom stereocenters. The highest BCUT2D eigenvalue weighted by Crippen LogP contribution is 2.39. The number of halogens is 2. The third-order valence-electron chi connectivity index (χ3n) is 7.68. The minimum Gasteiger partial charge on any atom is -0.369 e. The lowest BCUT2D eigenvalue weighted by molar-refractivity contribution is -0.127. The number of methoxy groups -OCH3 is 1. The summed E-state index contributed by atoms with van der Waals surface area (Å²) in [4.78, 5) is 18.7. The first-order valence-electron chi connectivity index (χ1n) is 12.8. The molecule has 186 valence electrons. The second-order valence-corrected chi connectivity index (χ2v) is 9.95. The number of hydrogen-bond donors (Lipinski definition) is 1. The van der Waals surface area contributed by atoms with Crippen LogP contribution in [-0.4, -0.2) is 28.6 Å². The number of aromatic nitrogens is 2. The number of rotatable bonds is 7. The Labute approximate surface area is 204 Å². The second kappa shape index (κ2) is 10.4. The quantitative estimate of drug-likeness (QED) is 0.435. The van der Waals surface area contributed by atoms with Crippen LogP contribution in [0.5, 0.6) is 0 Å². The van der Waals surface area contributed by atoms with Crippen LogP contribution in [0.4, 0.5) is 8.78 Å². The molecule has 0 saturated heterocycles. The fourth-order valence-corrected chi connectivity index (χ4v) is 5.95. The van der Waals surface area contributed by atoms with Gasteiger partial charge in [-0.15, -0.1) is 0 Å². The van der Waals surface area contributed by atoms with E-state index in [-0.39, 0.29) is 17.9 Å². The standard InChI is InChI=1S/C28H33F2N3O2/c1-35-26(19-12-6-3-7-13-19)27-32-23-16-21(29)22(30)17-24(23)33(27)25(18-10-4-2-5-11-18)28(34)31-20-14-8-9-15-20/h3,6-7,12-13,16-18,20,25-26H,2,4-5,8-11,14-15H2,1H3,(H,31,34)/t25?,26-/m0/s1. The molecule has 1 heterocycles. The van der Waals surface area contributed by atoms with E-state index in [4.69, 9.17) is 9.72 Å². The van der Waals surface area contributed by atoms with Crippen LogP contribution in [0.15, 0.2) is 42.5 Å². The molecule has 1 amide bonds. The molecule has 2 atom stereocenters. The van der Waals surface area contributed by atoms with E-state index in [9.17, 15) is 13.6 Å². The summed E-state index contributed by atoms with van der Waals surface area (Å²) in [6.45, 7) is 0. The van der Waals surface area contributed by atoms with Gasteiger partial charge in [0.1, 0.15) is 18.0 Å². The van der Waals surface area contributed by atoms with Crippen molar-refractivity contribution in [3.63, 3.8) is 0 Å². The molecule has 3 aromatic rings. The van der Waals surface area contributed by atoms with E-state index < -0.39 is 23.8 Å². The molecular weight excluding hydrogens is 448 g/mol. The zero-order chi connectivity index (χ0) is 24.4. The van der Waals surface area contributed by atoms with Crippen molar-refractivity contribution in [1.82, 2.24) is 14.9 Å². The summed E-state index contributed by atoms with van der Waals surface area (Å²) in [7, 11) is 1.59. The minimum absolute atomic E-state index is 0.0583. The monoisotopic (exact) mass is 481 g/mol. The van der Waals surface area contributed by atoms with Gasteiger partial charge in [-0.1, -0.05) is 62.4 Å². The van der Waals surface area contributed by atoms with E-state index in [1.165, 1.54) is 6.07 Å². The maximum atomic E-state index is 14.5. The summed E-state index contributed by atoms with van der Waals surface area (Å²) in [5, 5.41) is 3.28. The Balaban J connectivity index is 1.68. The second-order valence-electron chi connectivity index (χ2n) is 9.95. The van der Waals surface area contributed by atoms with Gasteiger partial charge in [-0.25, -0.2) is 13.8 Å². The smallest absolute Gasteiger partial charge is 0.243 e. The Bertz CT molecular complexity index is 1170. The summed E-state index contributed by atoms with van der Waals surface area (Å²) >= 11 is 0. The molecule has 0 spiro atoms. The van der Waals surface area contributed by atoms with Gasteiger partial charge in [-0.3, -0.25) is 4.79 Å². The topological polar surface area (TPSA) is 56.2 Å². The number of nitrogens with zero attached hydrogens (tertiary/aromatic N) is 2. The molecule has 35 heavy (non-hydrogen) atoms. The molecule has 1 N–H and O–H groups in total. The SMILES string of the molecule is CO[C@@H](c1ccccc1)c1nc2cc(F)c(F)cc2n1C(C(=O)NC1CCCC1)C1CCCCC1. The Kier molecular flexibility index (Phi) is 7.14. The van der Waals surface area contributed by atoms with Crippen molar-refractivity contribution in [2.45, 2.75) is 76.0 Å². The first-order valence-corrected chi connectivity index (χ1v) is 12.8. The molecular formula is C28H33F2N3O2. The van der Waals surface area contributed by atoms with Crippen LogP contribution in [0, 0.1) is 17.6 Å². The number of nitrogens with one attached hydrogen (secondary N) is 1.